The lowest BCUT2D eigenvalue weighted by Crippen LogP contribution is -2.10. The van der Waals surface area contributed by atoms with E-state index >= 15 is 0 Å². The van der Waals surface area contributed by atoms with E-state index in [-0.39, 0.29) is 31.4 Å². The zero-order valence-electron chi connectivity index (χ0n) is 71.5. The van der Waals surface area contributed by atoms with Crippen molar-refractivity contribution >= 4 is 209 Å². The number of aliphatic hydroxyl groups is 1. The number of esters is 1. The molecule has 4 unspecified atom stereocenters. The standard InChI is InChI=1S/C24H25N3O3S3.C23H26N4OS3.C23H23N3O3S3.C21H25N5OS3/c1-2-3-12-33(30)24-21(25)20-17(14-18(27-23(20)32-24)22-26-9-11-31-22)15-6-4-7-16(13-15)19(29)8-5-10-28;1-4-5-12-31(28)23-20(24)19-17(16-8-6-15(7-9-16)14-27(2)3)13-18(26-22(19)30-23)21-25-10-11-29-21;1-3-4-11-32(28)23-20(24)19-17(16-7-5-15(6-8-16)13-29-14(2)27)12-18(26-22(19)31-23)21-25-9-10-30-21;1-5-6-9-30(27)21-17(22)16-13(15-11-24-18(12(2)3)26(15)4)10-14(25-20(16)29-21)19-23-7-8-28-19/h4,6-7,9,11,13-14,28H,2-3,5,8,10,12,25H2,1H3;6-11,13H,4-5,12,14,24H2,1-3H3;5-10,12H,3-4,11,13,24H2,1-2H3;7-8,10-12H,5-6,9,22H2,1-4H3. The summed E-state index contributed by atoms with van der Waals surface area (Å²) in [6, 6.07) is 31.8. The van der Waals surface area contributed by atoms with Crippen LogP contribution in [0.5, 0.6) is 0 Å². The van der Waals surface area contributed by atoms with Gasteiger partial charge in [0.05, 0.1) is 77.8 Å². The van der Waals surface area contributed by atoms with E-state index in [2.05, 4.69) is 120 Å². The smallest absolute Gasteiger partial charge is 0.302 e. The van der Waals surface area contributed by atoms with Crippen LogP contribution >= 0.6 is 90.7 Å². The minimum atomic E-state index is -1.19. The monoisotopic (exact) mass is 1910 g/mol. The number of thiophene rings is 4. The number of ether oxygens (including phenoxy) is 1. The number of hydrogen-bond acceptors (Lipinski definition) is 30. The van der Waals surface area contributed by atoms with Crippen LogP contribution in [0, 0.1) is 0 Å². The number of nitrogens with two attached hydrogens (primary N) is 4. The molecule has 0 aliphatic rings. The predicted molar refractivity (Wildman–Crippen MR) is 531 cm³/mol. The van der Waals surface area contributed by atoms with Gasteiger partial charge in [-0.05, 0) is 121 Å². The lowest BCUT2D eigenvalue weighted by molar-refractivity contribution is -0.142. The number of ketones is 1. The molecular formula is C91H99N15O8S12. The lowest BCUT2D eigenvalue weighted by Gasteiger charge is -2.11. The van der Waals surface area contributed by atoms with Crippen LogP contribution in [0.4, 0.5) is 22.7 Å². The van der Waals surface area contributed by atoms with Gasteiger partial charge >= 0.3 is 5.97 Å². The highest BCUT2D eigenvalue weighted by molar-refractivity contribution is 7.88. The second kappa shape index (κ2) is 44.1. The molecule has 0 saturated heterocycles. The Kier molecular flexibility index (Phi) is 33.0. The van der Waals surface area contributed by atoms with E-state index in [0.717, 1.165) is 201 Å². The van der Waals surface area contributed by atoms with Crippen LogP contribution in [-0.2, 0) is 72.9 Å². The van der Waals surface area contributed by atoms with Gasteiger partial charge < -0.3 is 42.2 Å². The average Bonchev–Trinajstić information content (AvgIpc) is 1.67. The number of aromatic nitrogens is 10. The molecule has 3 aromatic carbocycles. The summed E-state index contributed by atoms with van der Waals surface area (Å²) in [5, 5.41) is 23.4. The molecule has 9 N–H and O–H groups in total. The van der Waals surface area contributed by atoms with E-state index in [4.69, 9.17) is 52.7 Å². The van der Waals surface area contributed by atoms with Crippen molar-refractivity contribution in [3.63, 3.8) is 0 Å². The lowest BCUT2D eigenvalue weighted by atomic mass is 9.97. The molecule has 0 fully saturated rings. The molecule has 0 aliphatic carbocycles. The molecule has 35 heteroatoms. The Balaban J connectivity index is 0.000000144. The molecule has 126 heavy (non-hydrogen) atoms. The molecule has 658 valence electrons. The zero-order valence-corrected chi connectivity index (χ0v) is 81.3. The van der Waals surface area contributed by atoms with Crippen molar-refractivity contribution in [1.82, 2.24) is 54.3 Å². The fourth-order valence-electron chi connectivity index (χ4n) is 13.8. The number of fused-ring (bicyclic) bond motifs is 4. The molecule has 16 aromatic rings. The number of nitrogen functional groups attached to an aromatic ring is 4. The van der Waals surface area contributed by atoms with Gasteiger partial charge in [-0.3, -0.25) is 26.4 Å². The Bertz CT molecular complexity index is 6540. The van der Waals surface area contributed by atoms with Gasteiger partial charge in [0.25, 0.3) is 0 Å². The molecule has 16 rings (SSSR count). The van der Waals surface area contributed by atoms with Crippen LogP contribution in [0.25, 0.3) is 128 Å². The fraction of sp³-hybridized carbons (Fsp3) is 0.308. The Morgan fingerprint density at radius 2 is 0.833 bits per heavy atom. The number of nitrogens with zero attached hydrogens (tertiary/aromatic N) is 11. The number of aliphatic hydroxyl groups excluding tert-OH is 1. The van der Waals surface area contributed by atoms with Crippen LogP contribution in [0.3, 0.4) is 0 Å². The van der Waals surface area contributed by atoms with Crippen molar-refractivity contribution in [2.75, 3.05) is 66.6 Å². The van der Waals surface area contributed by atoms with Gasteiger partial charge in [0.1, 0.15) is 91.4 Å². The summed E-state index contributed by atoms with van der Waals surface area (Å²) in [6.45, 7) is 15.1. The molecule has 0 bridgehead atoms. The van der Waals surface area contributed by atoms with Crippen molar-refractivity contribution < 1.29 is 36.3 Å². The predicted octanol–water partition coefficient (Wildman–Crippen LogP) is 22.2. The quantitative estimate of drug-likeness (QED) is 0.0188. The summed E-state index contributed by atoms with van der Waals surface area (Å²) in [5.41, 5.74) is 41.8. The summed E-state index contributed by atoms with van der Waals surface area (Å²) >= 11 is 11.8. The molecule has 0 radical (unpaired) electrons. The topological polar surface area (TPSA) is 360 Å². The maximum atomic E-state index is 12.9. The first-order chi connectivity index (χ1) is 60.9. The first-order valence-electron chi connectivity index (χ1n) is 41.2. The normalized spacial score (nSPS) is 12.5. The molecular weight excluding hydrogens is 1820 g/mol. The van der Waals surface area contributed by atoms with Crippen molar-refractivity contribution in [3.05, 3.63) is 172 Å². The van der Waals surface area contributed by atoms with Gasteiger partial charge in [-0.2, -0.15) is 0 Å². The molecule has 4 atom stereocenters. The largest absolute Gasteiger partial charge is 0.461 e. The van der Waals surface area contributed by atoms with Gasteiger partial charge in [0.15, 0.2) is 5.78 Å². The number of rotatable bonds is 33. The van der Waals surface area contributed by atoms with E-state index in [9.17, 15) is 26.4 Å². The second-order valence-electron chi connectivity index (χ2n) is 30.1. The van der Waals surface area contributed by atoms with Gasteiger partial charge in [-0.1, -0.05) is 134 Å². The number of unbranched alkanes of at least 4 members (excludes halogenated alkanes) is 4. The number of benzene rings is 3. The van der Waals surface area contributed by atoms with Crippen LogP contribution in [-0.4, -0.2) is 132 Å². The van der Waals surface area contributed by atoms with Crippen molar-refractivity contribution in [3.8, 4) is 87.4 Å². The minimum Gasteiger partial charge on any atom is -0.461 e. The summed E-state index contributed by atoms with van der Waals surface area (Å²) in [4.78, 5) is 70.5. The number of carbonyl (C=O) groups excluding carboxylic acids is 2. The zero-order chi connectivity index (χ0) is 89.4. The van der Waals surface area contributed by atoms with E-state index < -0.39 is 43.2 Å². The van der Waals surface area contributed by atoms with E-state index in [1.165, 1.54) is 80.5 Å². The highest BCUT2D eigenvalue weighted by atomic mass is 32.2. The van der Waals surface area contributed by atoms with Crippen LogP contribution in [0.1, 0.15) is 146 Å². The van der Waals surface area contributed by atoms with Gasteiger partial charge in [-0.25, -0.2) is 44.9 Å². The maximum Gasteiger partial charge on any atom is 0.302 e. The third-order valence-electron chi connectivity index (χ3n) is 20.2. The first-order valence-corrected chi connectivity index (χ1v) is 53.2. The molecule has 0 amide bonds. The van der Waals surface area contributed by atoms with Crippen molar-refractivity contribution in [2.24, 2.45) is 7.05 Å². The van der Waals surface area contributed by atoms with Crippen molar-refractivity contribution in [1.29, 1.82) is 0 Å². The number of Topliss-reactive ketones (excluding diaryl/α,β-unsaturated/α-hetero) is 1. The number of pyridine rings is 4. The fourth-order valence-corrected chi connectivity index (χ4v) is 27.4. The van der Waals surface area contributed by atoms with Crippen LogP contribution in [0.15, 0.2) is 166 Å². The van der Waals surface area contributed by atoms with Gasteiger partial charge in [-0.15, -0.1) is 90.7 Å². The molecule has 13 aromatic heterocycles. The summed E-state index contributed by atoms with van der Waals surface area (Å²) < 4.78 is 61.6. The maximum absolute atomic E-state index is 12.9. The molecule has 23 nitrogen and oxygen atoms in total. The Morgan fingerprint density at radius 1 is 0.476 bits per heavy atom. The Hall–Kier alpha value is -9.31. The van der Waals surface area contributed by atoms with Gasteiger partial charge in [0, 0.05) is 141 Å². The summed E-state index contributed by atoms with van der Waals surface area (Å²) in [5.74, 6) is 3.38. The molecule has 0 spiro atoms. The number of carbonyl (C=O) groups is 2. The highest BCUT2D eigenvalue weighted by Crippen LogP contribution is 2.49. The van der Waals surface area contributed by atoms with E-state index in [1.807, 2.05) is 95.4 Å². The van der Waals surface area contributed by atoms with Crippen LogP contribution < -0.4 is 22.9 Å². The minimum absolute atomic E-state index is 0.0169. The SMILES string of the molecule is CCCCS(=O)c1sc2nc(-c3nccs3)cc(-c3ccc(CN(C)C)cc3)c2c1N.CCCCS(=O)c1sc2nc(-c3nccs3)cc(-c3ccc(COC(C)=O)cc3)c2c1N.CCCCS(=O)c1sc2nc(-c3nccs3)cc(-c3cccc(C(=O)CCCO)c3)c2c1N.CCCCS(=O)c1sc2nc(-c3nccs3)cc(-c3cnc(C(C)C)n3C)c2c1N. The van der Waals surface area contributed by atoms with Crippen LogP contribution in [0.2, 0.25) is 0 Å². The molecule has 0 aliphatic heterocycles. The molecule has 13 heterocycles. The number of hydrogen-bond donors (Lipinski definition) is 5. The molecule has 0 saturated carbocycles. The Morgan fingerprint density at radius 3 is 1.16 bits per heavy atom. The van der Waals surface area contributed by atoms with Gasteiger partial charge in [0.2, 0.25) is 0 Å². The summed E-state index contributed by atoms with van der Waals surface area (Å²) in [6.07, 6.45) is 17.2. The number of anilines is 4. The average molecular weight is 1920 g/mol. The third-order valence-corrected chi connectivity index (χ3v) is 35.3. The Labute approximate surface area is 774 Å². The second-order valence-corrected chi connectivity index (χ2v) is 44.7. The first kappa shape index (κ1) is 94.3. The number of thiazole rings is 4. The highest BCUT2D eigenvalue weighted by Gasteiger charge is 2.28. The third kappa shape index (κ3) is 22.2. The number of imidazole rings is 1. The van der Waals surface area contributed by atoms with E-state index in [0.29, 0.717) is 76.9 Å². The van der Waals surface area contributed by atoms with Crippen molar-refractivity contribution in [2.45, 2.75) is 149 Å². The van der Waals surface area contributed by atoms with E-state index in [1.54, 1.807) is 53.5 Å². The summed E-state index contributed by atoms with van der Waals surface area (Å²) in [7, 11) is 1.57.